The van der Waals surface area contributed by atoms with E-state index in [1.165, 1.54) is 37.3 Å². The van der Waals surface area contributed by atoms with Crippen LogP contribution in [0.1, 0.15) is 12.5 Å². The average Bonchev–Trinajstić information content (AvgIpc) is 2.60. The lowest BCUT2D eigenvalue weighted by Crippen LogP contribution is -2.29. The lowest BCUT2D eigenvalue weighted by Gasteiger charge is -2.12. The minimum absolute atomic E-state index is 0.0102. The van der Waals surface area contributed by atoms with Gasteiger partial charge in [0.2, 0.25) is 0 Å². The molecular formula is C19H16ClF2NO4. The number of hydrogen-bond acceptors (Lipinski definition) is 4. The number of amides is 1. The predicted octanol–water partition coefficient (Wildman–Crippen LogP) is 4.53. The van der Waals surface area contributed by atoms with Gasteiger partial charge in [-0.05, 0) is 48.9 Å². The first kappa shape index (κ1) is 20.4. The Kier molecular flexibility index (Phi) is 7.31. The molecule has 1 unspecified atom stereocenters. The fourth-order valence-electron chi connectivity index (χ4n) is 2.00. The summed E-state index contributed by atoms with van der Waals surface area (Å²) in [7, 11) is 0. The van der Waals surface area contributed by atoms with Gasteiger partial charge in [0.25, 0.3) is 5.91 Å². The van der Waals surface area contributed by atoms with Gasteiger partial charge in [0.1, 0.15) is 5.75 Å². The highest BCUT2D eigenvalue weighted by Gasteiger charge is 2.16. The molecule has 0 fully saturated rings. The number of carbonyl (C=O) groups is 2. The molecule has 2 aromatic rings. The minimum atomic E-state index is -2.90. The first-order valence-electron chi connectivity index (χ1n) is 7.83. The summed E-state index contributed by atoms with van der Waals surface area (Å²) in [6.45, 7) is -1.47. The van der Waals surface area contributed by atoms with Crippen molar-refractivity contribution in [1.29, 1.82) is 0 Å². The zero-order valence-corrected chi connectivity index (χ0v) is 15.0. The Hall–Kier alpha value is -2.93. The summed E-state index contributed by atoms with van der Waals surface area (Å²) >= 11 is 5.84. The molecule has 1 amide bonds. The van der Waals surface area contributed by atoms with Crippen molar-refractivity contribution in [2.75, 3.05) is 5.32 Å². The van der Waals surface area contributed by atoms with Gasteiger partial charge >= 0.3 is 12.6 Å². The van der Waals surface area contributed by atoms with Crippen LogP contribution in [-0.2, 0) is 14.3 Å². The fraction of sp³-hybridized carbons (Fsp3) is 0.158. The third-order valence-corrected chi connectivity index (χ3v) is 3.51. The van der Waals surface area contributed by atoms with E-state index in [1.54, 1.807) is 24.3 Å². The van der Waals surface area contributed by atoms with Gasteiger partial charge in [-0.1, -0.05) is 29.8 Å². The second-order valence-corrected chi connectivity index (χ2v) is 5.80. The van der Waals surface area contributed by atoms with Crippen molar-refractivity contribution in [3.05, 3.63) is 65.2 Å². The molecule has 0 bridgehead atoms. The monoisotopic (exact) mass is 395 g/mol. The summed E-state index contributed by atoms with van der Waals surface area (Å²) in [5.74, 6) is -1.22. The number of carbonyl (C=O) groups excluding carboxylic acids is 2. The van der Waals surface area contributed by atoms with E-state index in [4.69, 9.17) is 16.3 Å². The van der Waals surface area contributed by atoms with Gasteiger partial charge in [0, 0.05) is 16.8 Å². The summed E-state index contributed by atoms with van der Waals surface area (Å²) in [6.07, 6.45) is 1.53. The molecule has 1 N–H and O–H groups in total. The molecule has 8 heteroatoms. The number of rotatable bonds is 7. The van der Waals surface area contributed by atoms with Gasteiger partial charge in [-0.25, -0.2) is 4.79 Å². The smallest absolute Gasteiger partial charge is 0.387 e. The number of esters is 1. The topological polar surface area (TPSA) is 64.6 Å². The Morgan fingerprint density at radius 2 is 1.85 bits per heavy atom. The number of alkyl halides is 2. The first-order chi connectivity index (χ1) is 12.8. The molecular weight excluding hydrogens is 380 g/mol. The zero-order valence-electron chi connectivity index (χ0n) is 14.2. The Balaban J connectivity index is 1.86. The number of halogens is 3. The maximum atomic E-state index is 12.1. The third kappa shape index (κ3) is 7.07. The van der Waals surface area contributed by atoms with E-state index >= 15 is 0 Å². The van der Waals surface area contributed by atoms with Gasteiger partial charge in [0.05, 0.1) is 0 Å². The maximum Gasteiger partial charge on any atom is 0.387 e. The van der Waals surface area contributed by atoms with Gasteiger partial charge in [-0.15, -0.1) is 0 Å². The Labute approximate surface area is 159 Å². The first-order valence-corrected chi connectivity index (χ1v) is 8.21. The van der Waals surface area contributed by atoms with Crippen LogP contribution in [0.2, 0.25) is 5.02 Å². The van der Waals surface area contributed by atoms with Crippen LogP contribution in [0.15, 0.2) is 54.6 Å². The second kappa shape index (κ2) is 9.68. The molecule has 0 radical (unpaired) electrons. The van der Waals surface area contributed by atoms with Crippen molar-refractivity contribution in [2.24, 2.45) is 0 Å². The van der Waals surface area contributed by atoms with Crippen LogP contribution in [-0.4, -0.2) is 24.6 Å². The average molecular weight is 396 g/mol. The van der Waals surface area contributed by atoms with E-state index in [0.29, 0.717) is 16.3 Å². The second-order valence-electron chi connectivity index (χ2n) is 5.36. The Morgan fingerprint density at radius 1 is 1.15 bits per heavy atom. The lowest BCUT2D eigenvalue weighted by atomic mass is 10.2. The van der Waals surface area contributed by atoms with E-state index in [2.05, 4.69) is 10.1 Å². The van der Waals surface area contributed by atoms with Crippen molar-refractivity contribution in [3.63, 3.8) is 0 Å². The zero-order chi connectivity index (χ0) is 19.8. The van der Waals surface area contributed by atoms with E-state index in [-0.39, 0.29) is 5.75 Å². The number of anilines is 1. The summed E-state index contributed by atoms with van der Waals surface area (Å²) in [5, 5.41) is 3.05. The molecule has 0 aromatic heterocycles. The molecule has 27 heavy (non-hydrogen) atoms. The summed E-state index contributed by atoms with van der Waals surface area (Å²) in [5.41, 5.74) is 1.06. The molecule has 2 aromatic carbocycles. The van der Waals surface area contributed by atoms with Crippen LogP contribution in [0.3, 0.4) is 0 Å². The van der Waals surface area contributed by atoms with E-state index in [9.17, 15) is 18.4 Å². The number of ether oxygens (including phenoxy) is 2. The van der Waals surface area contributed by atoms with Crippen LogP contribution in [0.25, 0.3) is 6.08 Å². The van der Waals surface area contributed by atoms with E-state index in [1.807, 2.05) is 0 Å². The molecule has 2 rings (SSSR count). The lowest BCUT2D eigenvalue weighted by molar-refractivity contribution is -0.148. The third-order valence-electron chi connectivity index (χ3n) is 3.27. The van der Waals surface area contributed by atoms with Crippen molar-refractivity contribution >= 4 is 35.2 Å². The SMILES string of the molecule is CC(OC(=O)C=Cc1ccc(OC(F)F)cc1)C(=O)Nc1cccc(Cl)c1. The van der Waals surface area contributed by atoms with E-state index < -0.39 is 24.6 Å². The Morgan fingerprint density at radius 3 is 2.48 bits per heavy atom. The summed E-state index contributed by atoms with van der Waals surface area (Å²) < 4.78 is 33.4. The molecule has 0 aliphatic heterocycles. The highest BCUT2D eigenvalue weighted by Crippen LogP contribution is 2.16. The van der Waals surface area contributed by atoms with Crippen LogP contribution >= 0.6 is 11.6 Å². The molecule has 0 spiro atoms. The van der Waals surface area contributed by atoms with Crippen LogP contribution in [0, 0.1) is 0 Å². The van der Waals surface area contributed by atoms with Crippen LogP contribution in [0.5, 0.6) is 5.75 Å². The molecule has 5 nitrogen and oxygen atoms in total. The van der Waals surface area contributed by atoms with Gasteiger partial charge in [-0.3, -0.25) is 4.79 Å². The van der Waals surface area contributed by atoms with Crippen molar-refractivity contribution in [3.8, 4) is 5.75 Å². The van der Waals surface area contributed by atoms with Gasteiger partial charge in [0.15, 0.2) is 6.10 Å². The molecule has 0 heterocycles. The summed E-state index contributed by atoms with van der Waals surface area (Å²) in [4.78, 5) is 23.8. The van der Waals surface area contributed by atoms with E-state index in [0.717, 1.165) is 6.08 Å². The Bertz CT molecular complexity index is 825. The van der Waals surface area contributed by atoms with Crippen LogP contribution in [0.4, 0.5) is 14.5 Å². The summed E-state index contributed by atoms with van der Waals surface area (Å²) in [6, 6.07) is 12.2. The number of hydrogen-bond donors (Lipinski definition) is 1. The fourth-order valence-corrected chi connectivity index (χ4v) is 2.19. The minimum Gasteiger partial charge on any atom is -0.449 e. The van der Waals surface area contributed by atoms with Crippen molar-refractivity contribution in [1.82, 2.24) is 0 Å². The quantitative estimate of drug-likeness (QED) is 0.552. The predicted molar refractivity (Wildman–Crippen MR) is 97.7 cm³/mol. The van der Waals surface area contributed by atoms with Crippen LogP contribution < -0.4 is 10.1 Å². The molecule has 1 atom stereocenters. The van der Waals surface area contributed by atoms with Gasteiger partial charge < -0.3 is 14.8 Å². The maximum absolute atomic E-state index is 12.1. The number of benzene rings is 2. The highest BCUT2D eigenvalue weighted by atomic mass is 35.5. The molecule has 0 aliphatic rings. The van der Waals surface area contributed by atoms with Crippen molar-refractivity contribution < 1.29 is 27.8 Å². The van der Waals surface area contributed by atoms with Crippen molar-refractivity contribution in [2.45, 2.75) is 19.6 Å². The molecule has 142 valence electrons. The normalized spacial score (nSPS) is 12.0. The van der Waals surface area contributed by atoms with Gasteiger partial charge in [-0.2, -0.15) is 8.78 Å². The molecule has 0 saturated carbocycles. The molecule has 0 saturated heterocycles. The standard InChI is InChI=1S/C19H16ClF2NO4/c1-12(18(25)23-15-4-2-3-14(20)11-15)26-17(24)10-7-13-5-8-16(9-6-13)27-19(21)22/h2-12,19H,1H3,(H,23,25). The number of nitrogens with one attached hydrogen (secondary N) is 1. The molecule has 0 aliphatic carbocycles. The largest absolute Gasteiger partial charge is 0.449 e. The highest BCUT2D eigenvalue weighted by molar-refractivity contribution is 6.30.